The molecule has 0 saturated heterocycles. The second-order valence-corrected chi connectivity index (χ2v) is 9.74. The number of anilines is 1. The number of carbonyl (C=O) groups is 2. The molecule has 0 radical (unpaired) electrons. The SMILES string of the molecule is CCN(CCNC(=O)[C@@](C)(NC(C)=O)c1ccc(S(C)(=O)=O)cc1)c1ccccc1C. The molecule has 2 amide bonds. The molecule has 0 heterocycles. The molecule has 0 aliphatic carbocycles. The van der Waals surface area contributed by atoms with Gasteiger partial charge in [-0.05, 0) is 50.1 Å². The standard InChI is InChI=1S/C23H31N3O4S/c1-6-26(21-10-8-7-9-17(21)2)16-15-24-22(28)23(4,25-18(3)27)19-11-13-20(14-12-19)31(5,29)30/h7-14H,6,15-16H2,1-5H3,(H,24,28)(H,25,27)/t23-/m0/s1. The Bertz CT molecular complexity index is 1040. The normalized spacial score (nSPS) is 13.2. The zero-order chi connectivity index (χ0) is 23.2. The number of sulfone groups is 1. The molecule has 0 saturated carbocycles. The Kier molecular flexibility index (Phi) is 7.84. The molecule has 0 aliphatic heterocycles. The number of benzene rings is 2. The summed E-state index contributed by atoms with van der Waals surface area (Å²) in [6.45, 7) is 8.83. The highest BCUT2D eigenvalue weighted by atomic mass is 32.2. The highest BCUT2D eigenvalue weighted by Gasteiger charge is 2.36. The smallest absolute Gasteiger partial charge is 0.250 e. The van der Waals surface area contributed by atoms with Crippen molar-refractivity contribution < 1.29 is 18.0 Å². The first-order valence-electron chi connectivity index (χ1n) is 10.2. The molecule has 0 fully saturated rings. The van der Waals surface area contributed by atoms with Gasteiger partial charge in [-0.25, -0.2) is 8.42 Å². The van der Waals surface area contributed by atoms with Crippen molar-refractivity contribution in [2.24, 2.45) is 0 Å². The number of nitrogens with zero attached hydrogens (tertiary/aromatic N) is 1. The quantitative estimate of drug-likeness (QED) is 0.618. The van der Waals surface area contributed by atoms with Crippen LogP contribution in [0.2, 0.25) is 0 Å². The summed E-state index contributed by atoms with van der Waals surface area (Å²) in [4.78, 5) is 27.2. The lowest BCUT2D eigenvalue weighted by Crippen LogP contribution is -2.54. The van der Waals surface area contributed by atoms with Crippen molar-refractivity contribution in [3.05, 3.63) is 59.7 Å². The molecule has 0 spiro atoms. The van der Waals surface area contributed by atoms with Gasteiger partial charge in [0.05, 0.1) is 4.90 Å². The van der Waals surface area contributed by atoms with Crippen molar-refractivity contribution in [2.45, 2.75) is 38.1 Å². The van der Waals surface area contributed by atoms with E-state index in [0.29, 0.717) is 18.7 Å². The molecular weight excluding hydrogens is 414 g/mol. The molecular formula is C23H31N3O4S. The number of rotatable bonds is 9. The highest BCUT2D eigenvalue weighted by Crippen LogP contribution is 2.23. The molecule has 2 N–H and O–H groups in total. The summed E-state index contributed by atoms with van der Waals surface area (Å²) in [6, 6.07) is 14.1. The first-order chi connectivity index (χ1) is 14.5. The van der Waals surface area contributed by atoms with E-state index in [0.717, 1.165) is 24.1 Å². The van der Waals surface area contributed by atoms with E-state index in [-0.39, 0.29) is 16.7 Å². The number of amides is 2. The van der Waals surface area contributed by atoms with E-state index in [1.54, 1.807) is 19.1 Å². The molecule has 168 valence electrons. The van der Waals surface area contributed by atoms with Crippen LogP contribution in [0, 0.1) is 6.92 Å². The zero-order valence-corrected chi connectivity index (χ0v) is 19.5. The summed E-state index contributed by atoms with van der Waals surface area (Å²) in [7, 11) is -3.36. The van der Waals surface area contributed by atoms with Gasteiger partial charge in [0.2, 0.25) is 11.8 Å². The van der Waals surface area contributed by atoms with Crippen molar-refractivity contribution in [1.82, 2.24) is 10.6 Å². The maximum absolute atomic E-state index is 13.1. The average molecular weight is 446 g/mol. The van der Waals surface area contributed by atoms with Crippen molar-refractivity contribution in [1.29, 1.82) is 0 Å². The Balaban J connectivity index is 2.17. The minimum atomic E-state index is -3.36. The Hall–Kier alpha value is -2.87. The second kappa shape index (κ2) is 9.96. The van der Waals surface area contributed by atoms with Gasteiger partial charge in [0, 0.05) is 38.5 Å². The Morgan fingerprint density at radius 3 is 2.19 bits per heavy atom. The fourth-order valence-corrected chi connectivity index (χ4v) is 4.13. The van der Waals surface area contributed by atoms with E-state index in [4.69, 9.17) is 0 Å². The predicted molar refractivity (Wildman–Crippen MR) is 123 cm³/mol. The van der Waals surface area contributed by atoms with E-state index in [1.807, 2.05) is 31.2 Å². The fourth-order valence-electron chi connectivity index (χ4n) is 3.50. The monoisotopic (exact) mass is 445 g/mol. The van der Waals surface area contributed by atoms with Gasteiger partial charge in [0.1, 0.15) is 5.54 Å². The number of hydrogen-bond acceptors (Lipinski definition) is 5. The van der Waals surface area contributed by atoms with Crippen LogP contribution in [0.3, 0.4) is 0 Å². The van der Waals surface area contributed by atoms with Crippen LogP contribution in [0.25, 0.3) is 0 Å². The molecule has 0 bridgehead atoms. The first kappa shape index (κ1) is 24.4. The van der Waals surface area contributed by atoms with Crippen molar-refractivity contribution in [2.75, 3.05) is 30.8 Å². The molecule has 2 rings (SSSR count). The van der Waals surface area contributed by atoms with Crippen molar-refractivity contribution in [3.8, 4) is 0 Å². The number of para-hydroxylation sites is 1. The number of aryl methyl sites for hydroxylation is 1. The van der Waals surface area contributed by atoms with Crippen LogP contribution in [-0.4, -0.2) is 46.1 Å². The van der Waals surface area contributed by atoms with Gasteiger partial charge in [0.15, 0.2) is 9.84 Å². The lowest BCUT2D eigenvalue weighted by molar-refractivity contribution is -0.132. The Morgan fingerprint density at radius 1 is 1.06 bits per heavy atom. The first-order valence-corrected chi connectivity index (χ1v) is 12.1. The van der Waals surface area contributed by atoms with E-state index >= 15 is 0 Å². The molecule has 2 aromatic carbocycles. The van der Waals surface area contributed by atoms with Crippen molar-refractivity contribution in [3.63, 3.8) is 0 Å². The Morgan fingerprint density at radius 2 is 1.68 bits per heavy atom. The van der Waals surface area contributed by atoms with Gasteiger partial charge < -0.3 is 15.5 Å². The van der Waals surface area contributed by atoms with E-state index in [2.05, 4.69) is 22.5 Å². The fraction of sp³-hybridized carbons (Fsp3) is 0.391. The van der Waals surface area contributed by atoms with Gasteiger partial charge >= 0.3 is 0 Å². The van der Waals surface area contributed by atoms with E-state index < -0.39 is 15.4 Å². The van der Waals surface area contributed by atoms with Crippen LogP contribution in [0.4, 0.5) is 5.69 Å². The van der Waals surface area contributed by atoms with Gasteiger partial charge in [-0.15, -0.1) is 0 Å². The summed E-state index contributed by atoms with van der Waals surface area (Å²) in [5.41, 5.74) is 1.44. The molecule has 0 aliphatic rings. The third-order valence-electron chi connectivity index (χ3n) is 5.25. The topological polar surface area (TPSA) is 95.6 Å². The summed E-state index contributed by atoms with van der Waals surface area (Å²) in [5, 5.41) is 5.62. The third kappa shape index (κ3) is 6.07. The van der Waals surface area contributed by atoms with Crippen LogP contribution in [0.15, 0.2) is 53.4 Å². The molecule has 2 aromatic rings. The number of carbonyl (C=O) groups excluding carboxylic acids is 2. The van der Waals surface area contributed by atoms with Gasteiger partial charge in [-0.3, -0.25) is 9.59 Å². The number of hydrogen-bond donors (Lipinski definition) is 2. The maximum Gasteiger partial charge on any atom is 0.250 e. The minimum Gasteiger partial charge on any atom is -0.370 e. The third-order valence-corrected chi connectivity index (χ3v) is 6.37. The highest BCUT2D eigenvalue weighted by molar-refractivity contribution is 7.90. The van der Waals surface area contributed by atoms with Crippen LogP contribution in [-0.2, 0) is 25.0 Å². The van der Waals surface area contributed by atoms with E-state index in [9.17, 15) is 18.0 Å². The molecule has 8 heteroatoms. The lowest BCUT2D eigenvalue weighted by atomic mass is 9.90. The van der Waals surface area contributed by atoms with Crippen LogP contribution in [0.1, 0.15) is 31.9 Å². The van der Waals surface area contributed by atoms with E-state index in [1.165, 1.54) is 19.1 Å². The Labute approximate surface area is 184 Å². The molecule has 7 nitrogen and oxygen atoms in total. The zero-order valence-electron chi connectivity index (χ0n) is 18.7. The van der Waals surface area contributed by atoms with Gasteiger partial charge in [-0.1, -0.05) is 30.3 Å². The van der Waals surface area contributed by atoms with Crippen LogP contribution in [0.5, 0.6) is 0 Å². The molecule has 31 heavy (non-hydrogen) atoms. The largest absolute Gasteiger partial charge is 0.370 e. The average Bonchev–Trinajstić information content (AvgIpc) is 2.70. The van der Waals surface area contributed by atoms with Gasteiger partial charge in [0.25, 0.3) is 0 Å². The maximum atomic E-state index is 13.1. The summed E-state index contributed by atoms with van der Waals surface area (Å²) >= 11 is 0. The summed E-state index contributed by atoms with van der Waals surface area (Å²) in [6.07, 6.45) is 1.12. The van der Waals surface area contributed by atoms with Crippen molar-refractivity contribution >= 4 is 27.3 Å². The second-order valence-electron chi connectivity index (χ2n) is 7.72. The van der Waals surface area contributed by atoms with Crippen LogP contribution >= 0.6 is 0 Å². The molecule has 0 unspecified atom stereocenters. The molecule has 0 aromatic heterocycles. The number of likely N-dealkylation sites (N-methyl/N-ethyl adjacent to an activating group) is 1. The predicted octanol–water partition coefficient (Wildman–Crippen LogP) is 2.39. The van der Waals surface area contributed by atoms with Crippen LogP contribution < -0.4 is 15.5 Å². The summed E-state index contributed by atoms with van der Waals surface area (Å²) < 4.78 is 23.5. The minimum absolute atomic E-state index is 0.152. The number of nitrogens with one attached hydrogen (secondary N) is 2. The van der Waals surface area contributed by atoms with Gasteiger partial charge in [-0.2, -0.15) is 0 Å². The molecule has 1 atom stereocenters. The lowest BCUT2D eigenvalue weighted by Gasteiger charge is -2.31. The summed E-state index contributed by atoms with van der Waals surface area (Å²) in [5.74, 6) is -0.726.